The molecule has 2 nitrogen and oxygen atoms in total. The number of aliphatic hydroxyl groups is 2. The molecule has 0 aromatic carbocycles. The quantitative estimate of drug-likeness (QED) is 0.597. The van der Waals surface area contributed by atoms with Crippen LogP contribution in [-0.2, 0) is 0 Å². The van der Waals surface area contributed by atoms with Crippen molar-refractivity contribution in [1.29, 1.82) is 0 Å². The summed E-state index contributed by atoms with van der Waals surface area (Å²) in [5, 5.41) is 7.69. The molecule has 4 atom stereocenters. The van der Waals surface area contributed by atoms with E-state index in [4.69, 9.17) is 10.2 Å². The number of hydrogen-bond donors (Lipinski definition) is 2. The van der Waals surface area contributed by atoms with Crippen molar-refractivity contribution in [2.45, 2.75) is 22.3 Å². The Balaban J connectivity index is 2.59. The van der Waals surface area contributed by atoms with Crippen LogP contribution in [0.5, 0.6) is 0 Å². The van der Waals surface area contributed by atoms with Crippen LogP contribution in [0.15, 0.2) is 46.5 Å². The second kappa shape index (κ2) is 5.88. The summed E-state index contributed by atoms with van der Waals surface area (Å²) in [6, 6.07) is 0. The molecule has 0 saturated carbocycles. The number of alkyl halides is 4. The van der Waals surface area contributed by atoms with Crippen molar-refractivity contribution in [2.24, 2.45) is 0 Å². The van der Waals surface area contributed by atoms with E-state index in [1.807, 2.05) is 0 Å². The second-order valence-electron chi connectivity index (χ2n) is 4.77. The Hall–Kier alpha value is -1.79. The highest BCUT2D eigenvalue weighted by atomic mass is 32.2. The molecule has 2 aliphatic rings. The maximum atomic E-state index is 14.4. The van der Waals surface area contributed by atoms with Gasteiger partial charge in [-0.1, -0.05) is 11.8 Å². The number of aliphatic hydroxyl groups excluding tert-OH is 2. The SMILES string of the molecule is OC1=C(F)C(F)C(F)(SC2(F)C(F)=C(F)C(O)=C(F)C2F)C(F)=C1F. The van der Waals surface area contributed by atoms with Crippen molar-refractivity contribution in [3.63, 3.8) is 0 Å². The van der Waals surface area contributed by atoms with Crippen LogP contribution in [-0.4, -0.2) is 32.6 Å². The average molecular weight is 402 g/mol. The fourth-order valence-corrected chi connectivity index (χ4v) is 3.12. The Morgan fingerprint density at radius 2 is 0.960 bits per heavy atom. The normalized spacial score (nSPS) is 37.4. The molecule has 0 bridgehead atoms. The molecule has 25 heavy (non-hydrogen) atoms. The molecular weight excluding hydrogens is 398 g/mol. The zero-order chi connectivity index (χ0) is 19.5. The van der Waals surface area contributed by atoms with Crippen LogP contribution in [0.1, 0.15) is 0 Å². The van der Waals surface area contributed by atoms with Crippen molar-refractivity contribution in [2.75, 3.05) is 0 Å². The summed E-state index contributed by atoms with van der Waals surface area (Å²) >= 11 is -1.80. The standard InChI is InChI=1S/C12H4F10O2S/c13-1-5(23)2(14)8(18)11(21,7(1)17)25-12(22)9(19)3(15)6(24)4(16)10(12)20/h7,9,23-24H. The van der Waals surface area contributed by atoms with E-state index < -0.39 is 80.6 Å². The summed E-state index contributed by atoms with van der Waals surface area (Å²) in [7, 11) is 0. The predicted octanol–water partition coefficient (Wildman–Crippen LogP) is 5.53. The van der Waals surface area contributed by atoms with Crippen LogP contribution in [0, 0.1) is 0 Å². The summed E-state index contributed by atoms with van der Waals surface area (Å²) in [6.45, 7) is 0. The lowest BCUT2D eigenvalue weighted by molar-refractivity contribution is 0.101. The maximum Gasteiger partial charge on any atom is 0.251 e. The number of hydrogen-bond acceptors (Lipinski definition) is 3. The van der Waals surface area contributed by atoms with Crippen molar-refractivity contribution in [3.8, 4) is 0 Å². The van der Waals surface area contributed by atoms with E-state index >= 15 is 0 Å². The summed E-state index contributed by atoms with van der Waals surface area (Å²) in [4.78, 5) is 0. The Labute approximate surface area is 135 Å². The van der Waals surface area contributed by atoms with Crippen molar-refractivity contribution >= 4 is 11.8 Å². The Bertz CT molecular complexity index is 697. The van der Waals surface area contributed by atoms with Gasteiger partial charge in [-0.05, 0) is 0 Å². The van der Waals surface area contributed by atoms with E-state index in [2.05, 4.69) is 0 Å². The molecule has 140 valence electrons. The zero-order valence-corrected chi connectivity index (χ0v) is 12.1. The van der Waals surface area contributed by atoms with Gasteiger partial charge < -0.3 is 10.2 Å². The van der Waals surface area contributed by atoms with Crippen LogP contribution >= 0.6 is 11.8 Å². The van der Waals surface area contributed by atoms with Crippen molar-refractivity contribution < 1.29 is 54.1 Å². The molecule has 4 unspecified atom stereocenters. The van der Waals surface area contributed by atoms with Crippen molar-refractivity contribution in [3.05, 3.63) is 46.5 Å². The van der Waals surface area contributed by atoms with Crippen LogP contribution in [0.4, 0.5) is 43.9 Å². The second-order valence-corrected chi connectivity index (χ2v) is 6.16. The third kappa shape index (κ3) is 2.50. The summed E-state index contributed by atoms with van der Waals surface area (Å²) in [6.07, 6.45) is -8.04. The molecule has 2 rings (SSSR count). The van der Waals surface area contributed by atoms with Gasteiger partial charge in [0.05, 0.1) is 0 Å². The highest BCUT2D eigenvalue weighted by Crippen LogP contribution is 2.59. The van der Waals surface area contributed by atoms with E-state index in [0.717, 1.165) is 0 Å². The number of thioether (sulfide) groups is 1. The summed E-state index contributed by atoms with van der Waals surface area (Å²) in [5.74, 6) is -21.5. The van der Waals surface area contributed by atoms with Gasteiger partial charge in [0.1, 0.15) is 0 Å². The number of allylic oxidation sites excluding steroid dienone is 4. The first kappa shape index (κ1) is 19.5. The van der Waals surface area contributed by atoms with E-state index in [1.165, 1.54) is 0 Å². The van der Waals surface area contributed by atoms with Crippen LogP contribution < -0.4 is 0 Å². The molecule has 13 heteroatoms. The van der Waals surface area contributed by atoms with Gasteiger partial charge in [-0.3, -0.25) is 0 Å². The number of halogens is 10. The van der Waals surface area contributed by atoms with Crippen LogP contribution in [0.3, 0.4) is 0 Å². The minimum absolute atomic E-state index is 1.80. The molecule has 0 amide bonds. The molecule has 0 aromatic heterocycles. The van der Waals surface area contributed by atoms with Gasteiger partial charge in [0, 0.05) is 0 Å². The molecule has 0 heterocycles. The molecule has 0 aromatic rings. The van der Waals surface area contributed by atoms with E-state index in [0.29, 0.717) is 0 Å². The average Bonchev–Trinajstić information content (AvgIpc) is 2.59. The lowest BCUT2D eigenvalue weighted by Gasteiger charge is -2.36. The minimum Gasteiger partial charge on any atom is -0.503 e. The monoisotopic (exact) mass is 402 g/mol. The van der Waals surface area contributed by atoms with E-state index in [1.54, 1.807) is 0 Å². The Morgan fingerprint density at radius 1 is 0.680 bits per heavy atom. The van der Waals surface area contributed by atoms with Gasteiger partial charge in [-0.15, -0.1) is 0 Å². The molecule has 0 spiro atoms. The summed E-state index contributed by atoms with van der Waals surface area (Å²) in [5.41, 5.74) is 0. The molecule has 0 radical (unpaired) electrons. The highest BCUT2D eigenvalue weighted by molar-refractivity contribution is 8.02. The molecule has 2 N–H and O–H groups in total. The number of rotatable bonds is 2. The third-order valence-electron chi connectivity index (χ3n) is 3.25. The Morgan fingerprint density at radius 3 is 1.24 bits per heavy atom. The first-order chi connectivity index (χ1) is 11.3. The molecular formula is C12H4F10O2S. The smallest absolute Gasteiger partial charge is 0.251 e. The van der Waals surface area contributed by atoms with Gasteiger partial charge in [0.15, 0.2) is 34.8 Å². The highest BCUT2D eigenvalue weighted by Gasteiger charge is 2.65. The predicted molar refractivity (Wildman–Crippen MR) is 65.1 cm³/mol. The minimum atomic E-state index is -4.87. The maximum absolute atomic E-state index is 14.4. The molecule has 2 aliphatic carbocycles. The lowest BCUT2D eigenvalue weighted by atomic mass is 10.0. The van der Waals surface area contributed by atoms with Gasteiger partial charge in [0.25, 0.3) is 10.0 Å². The van der Waals surface area contributed by atoms with Gasteiger partial charge in [-0.25, -0.2) is 35.1 Å². The zero-order valence-electron chi connectivity index (χ0n) is 11.2. The van der Waals surface area contributed by atoms with Gasteiger partial charge >= 0.3 is 0 Å². The largest absolute Gasteiger partial charge is 0.503 e. The van der Waals surface area contributed by atoms with E-state index in [-0.39, 0.29) is 0 Å². The third-order valence-corrected chi connectivity index (χ3v) is 4.61. The van der Waals surface area contributed by atoms with Gasteiger partial charge in [-0.2, -0.15) is 8.78 Å². The molecule has 0 aliphatic heterocycles. The van der Waals surface area contributed by atoms with E-state index in [9.17, 15) is 43.9 Å². The Kier molecular flexibility index (Phi) is 4.60. The topological polar surface area (TPSA) is 40.5 Å². The first-order valence-electron chi connectivity index (χ1n) is 5.96. The van der Waals surface area contributed by atoms with Crippen molar-refractivity contribution in [1.82, 2.24) is 0 Å². The molecule has 0 saturated heterocycles. The summed E-state index contributed by atoms with van der Waals surface area (Å²) < 4.78 is 136. The van der Waals surface area contributed by atoms with Crippen LogP contribution in [0.25, 0.3) is 0 Å². The fourth-order valence-electron chi connectivity index (χ4n) is 1.91. The fraction of sp³-hybridized carbons (Fsp3) is 0.333. The first-order valence-corrected chi connectivity index (χ1v) is 6.77. The lowest BCUT2D eigenvalue weighted by Crippen LogP contribution is -2.46. The molecule has 0 fully saturated rings. The van der Waals surface area contributed by atoms with Gasteiger partial charge in [0.2, 0.25) is 24.0 Å². The van der Waals surface area contributed by atoms with Crippen LogP contribution in [0.2, 0.25) is 0 Å².